The first-order valence-electron chi connectivity index (χ1n) is 10.5. The van der Waals surface area contributed by atoms with Gasteiger partial charge in [-0.25, -0.2) is 4.79 Å². The van der Waals surface area contributed by atoms with E-state index >= 15 is 0 Å². The number of fused-ring (bicyclic) bond motifs is 3. The van der Waals surface area contributed by atoms with Crippen molar-refractivity contribution < 1.29 is 0 Å². The number of allylic oxidation sites excluding steroid dienone is 1. The Kier molecular flexibility index (Phi) is 5.19. The van der Waals surface area contributed by atoms with Gasteiger partial charge in [-0.05, 0) is 36.2 Å². The van der Waals surface area contributed by atoms with Gasteiger partial charge in [-0.2, -0.15) is 4.98 Å². The molecule has 0 fully saturated rings. The predicted molar refractivity (Wildman–Crippen MR) is 128 cm³/mol. The zero-order chi connectivity index (χ0) is 22.2. The van der Waals surface area contributed by atoms with Crippen LogP contribution in [0.2, 0.25) is 5.02 Å². The lowest BCUT2D eigenvalue weighted by atomic mass is 10.2. The molecule has 3 heterocycles. The molecule has 8 heteroatoms. The van der Waals surface area contributed by atoms with Crippen molar-refractivity contribution in [1.82, 2.24) is 18.7 Å². The summed E-state index contributed by atoms with van der Waals surface area (Å²) in [7, 11) is 1.66. The second-order valence-electron chi connectivity index (χ2n) is 7.79. The van der Waals surface area contributed by atoms with Crippen LogP contribution in [0.25, 0.3) is 17.2 Å². The summed E-state index contributed by atoms with van der Waals surface area (Å²) < 4.78 is 4.64. The van der Waals surface area contributed by atoms with Crippen molar-refractivity contribution in [2.24, 2.45) is 7.05 Å². The Morgan fingerprint density at radius 2 is 1.78 bits per heavy atom. The normalized spacial score (nSPS) is 13.8. The number of aryl methyl sites for hydroxylation is 2. The van der Waals surface area contributed by atoms with Crippen molar-refractivity contribution in [3.63, 3.8) is 0 Å². The molecule has 4 aromatic rings. The molecule has 7 nitrogen and oxygen atoms in total. The van der Waals surface area contributed by atoms with Crippen molar-refractivity contribution in [2.45, 2.75) is 19.5 Å². The van der Waals surface area contributed by atoms with E-state index in [1.807, 2.05) is 71.3 Å². The average molecular weight is 448 g/mol. The average Bonchev–Trinajstić information content (AvgIpc) is 3.21. The largest absolute Gasteiger partial charge is 0.332 e. The lowest BCUT2D eigenvalue weighted by molar-refractivity contribution is 0.598. The first-order valence-corrected chi connectivity index (χ1v) is 10.9. The molecule has 0 radical (unpaired) electrons. The van der Waals surface area contributed by atoms with Crippen molar-refractivity contribution >= 4 is 40.5 Å². The number of halogens is 1. The molecule has 32 heavy (non-hydrogen) atoms. The topological polar surface area (TPSA) is 65.1 Å². The van der Waals surface area contributed by atoms with Gasteiger partial charge in [-0.3, -0.25) is 13.9 Å². The Labute approximate surface area is 189 Å². The monoisotopic (exact) mass is 447 g/mol. The second-order valence-corrected chi connectivity index (χ2v) is 8.22. The molecule has 0 unspecified atom stereocenters. The van der Waals surface area contributed by atoms with E-state index in [0.29, 0.717) is 28.7 Å². The number of hydrogen-bond acceptors (Lipinski definition) is 4. The van der Waals surface area contributed by atoms with Gasteiger partial charge >= 0.3 is 5.69 Å². The first-order chi connectivity index (χ1) is 15.5. The zero-order valence-corrected chi connectivity index (χ0v) is 18.4. The number of nitrogens with zero attached hydrogens (tertiary/aromatic N) is 5. The number of benzene rings is 2. The highest BCUT2D eigenvalue weighted by molar-refractivity contribution is 6.30. The number of anilines is 2. The highest BCUT2D eigenvalue weighted by Gasteiger charge is 2.26. The fourth-order valence-corrected chi connectivity index (χ4v) is 4.28. The third-order valence-electron chi connectivity index (χ3n) is 5.75. The second kappa shape index (κ2) is 8.16. The van der Waals surface area contributed by atoms with Gasteiger partial charge < -0.3 is 9.47 Å². The molecular formula is C24H22ClN5O2. The SMILES string of the molecule is Cn1c(=O)n(C/C=C/c2ccccc2)c(=O)c2c1nc1n2CCCN1c1ccc(Cl)cc1. The minimum absolute atomic E-state index is 0.192. The molecule has 2 aromatic carbocycles. The van der Waals surface area contributed by atoms with Crippen molar-refractivity contribution in [3.05, 3.63) is 92.1 Å². The molecule has 0 aliphatic carbocycles. The lowest BCUT2D eigenvalue weighted by Gasteiger charge is -2.29. The van der Waals surface area contributed by atoms with Gasteiger partial charge in [0.2, 0.25) is 5.95 Å². The van der Waals surface area contributed by atoms with E-state index in [2.05, 4.69) is 4.90 Å². The van der Waals surface area contributed by atoms with Crippen molar-refractivity contribution in [1.29, 1.82) is 0 Å². The van der Waals surface area contributed by atoms with Crippen LogP contribution in [0.3, 0.4) is 0 Å². The number of aromatic nitrogens is 4. The summed E-state index contributed by atoms with van der Waals surface area (Å²) in [6.45, 7) is 1.63. The van der Waals surface area contributed by atoms with E-state index in [0.717, 1.165) is 24.2 Å². The fourth-order valence-electron chi connectivity index (χ4n) is 4.15. The lowest BCUT2D eigenvalue weighted by Crippen LogP contribution is -2.39. The predicted octanol–water partition coefficient (Wildman–Crippen LogP) is 3.81. The number of hydrogen-bond donors (Lipinski definition) is 0. The third-order valence-corrected chi connectivity index (χ3v) is 6.01. The molecule has 0 saturated heterocycles. The van der Waals surface area contributed by atoms with Crippen LogP contribution in [-0.4, -0.2) is 25.2 Å². The highest BCUT2D eigenvalue weighted by atomic mass is 35.5. The van der Waals surface area contributed by atoms with Gasteiger partial charge in [0.25, 0.3) is 5.56 Å². The molecule has 5 rings (SSSR count). The molecule has 0 spiro atoms. The molecule has 2 aromatic heterocycles. The zero-order valence-electron chi connectivity index (χ0n) is 17.6. The Morgan fingerprint density at radius 3 is 2.53 bits per heavy atom. The van der Waals surface area contributed by atoms with E-state index in [4.69, 9.17) is 16.6 Å². The van der Waals surface area contributed by atoms with Crippen LogP contribution in [0.4, 0.5) is 11.6 Å². The quantitative estimate of drug-likeness (QED) is 0.477. The van der Waals surface area contributed by atoms with E-state index in [1.165, 1.54) is 9.13 Å². The Balaban J connectivity index is 1.60. The summed E-state index contributed by atoms with van der Waals surface area (Å²) in [6, 6.07) is 17.3. The molecule has 1 aliphatic rings. The minimum atomic E-state index is -0.381. The van der Waals surface area contributed by atoms with E-state index < -0.39 is 0 Å². The third kappa shape index (κ3) is 3.44. The summed E-state index contributed by atoms with van der Waals surface area (Å²) >= 11 is 6.05. The molecule has 0 bridgehead atoms. The molecule has 0 amide bonds. The van der Waals surface area contributed by atoms with Gasteiger partial charge in [0, 0.05) is 37.4 Å². The molecule has 0 atom stereocenters. The fraction of sp³-hybridized carbons (Fsp3) is 0.208. The maximum absolute atomic E-state index is 13.4. The molecule has 0 N–H and O–H groups in total. The van der Waals surface area contributed by atoms with E-state index in [1.54, 1.807) is 7.05 Å². The summed E-state index contributed by atoms with van der Waals surface area (Å²) in [5.74, 6) is 0.665. The highest BCUT2D eigenvalue weighted by Crippen LogP contribution is 2.31. The summed E-state index contributed by atoms with van der Waals surface area (Å²) in [6.07, 6.45) is 4.60. The van der Waals surface area contributed by atoms with Gasteiger partial charge in [0.05, 0.1) is 0 Å². The summed E-state index contributed by atoms with van der Waals surface area (Å²) in [5.41, 5.74) is 2.11. The summed E-state index contributed by atoms with van der Waals surface area (Å²) in [4.78, 5) is 33.1. The molecule has 1 aliphatic heterocycles. The van der Waals surface area contributed by atoms with Gasteiger partial charge in [0.1, 0.15) is 0 Å². The van der Waals surface area contributed by atoms with Crippen LogP contribution in [-0.2, 0) is 20.1 Å². The van der Waals surface area contributed by atoms with E-state index in [-0.39, 0.29) is 17.8 Å². The maximum Gasteiger partial charge on any atom is 0.332 e. The number of rotatable bonds is 4. The summed E-state index contributed by atoms with van der Waals surface area (Å²) in [5, 5.41) is 0.660. The van der Waals surface area contributed by atoms with E-state index in [9.17, 15) is 9.59 Å². The Bertz CT molecular complexity index is 1430. The minimum Gasteiger partial charge on any atom is -0.312 e. The van der Waals surface area contributed by atoms with Crippen LogP contribution < -0.4 is 16.1 Å². The van der Waals surface area contributed by atoms with Gasteiger partial charge in [-0.15, -0.1) is 0 Å². The van der Waals surface area contributed by atoms with Crippen molar-refractivity contribution in [2.75, 3.05) is 11.4 Å². The molecule has 0 saturated carbocycles. The smallest absolute Gasteiger partial charge is 0.312 e. The standard InChI is InChI=1S/C24H22ClN5O2/c1-27-21-20(22(31)30(24(27)32)14-5-9-17-7-3-2-4-8-17)29-16-6-15-28(23(29)26-21)19-12-10-18(25)11-13-19/h2-5,7-13H,6,14-16H2,1H3/b9-5+. The number of imidazole rings is 1. The van der Waals surface area contributed by atoms with Crippen LogP contribution in [0.1, 0.15) is 12.0 Å². The van der Waals surface area contributed by atoms with Crippen LogP contribution in [0.15, 0.2) is 70.3 Å². The molecular weight excluding hydrogens is 426 g/mol. The van der Waals surface area contributed by atoms with Gasteiger partial charge in [0.15, 0.2) is 11.2 Å². The van der Waals surface area contributed by atoms with Crippen LogP contribution in [0.5, 0.6) is 0 Å². The molecule has 162 valence electrons. The van der Waals surface area contributed by atoms with Crippen molar-refractivity contribution in [3.8, 4) is 0 Å². The van der Waals surface area contributed by atoms with Crippen LogP contribution >= 0.6 is 11.6 Å². The maximum atomic E-state index is 13.4. The first kappa shape index (κ1) is 20.3. The Morgan fingerprint density at radius 1 is 1.03 bits per heavy atom. The Hall–Kier alpha value is -3.58. The van der Waals surface area contributed by atoms with Crippen LogP contribution in [0, 0.1) is 0 Å². The van der Waals surface area contributed by atoms with Gasteiger partial charge in [-0.1, -0.05) is 54.1 Å².